The van der Waals surface area contributed by atoms with Crippen LogP contribution in [0.4, 0.5) is 4.39 Å². The van der Waals surface area contributed by atoms with Crippen molar-refractivity contribution in [2.45, 2.75) is 32.2 Å². The smallest absolute Gasteiger partial charge is 0.225 e. The Kier molecular flexibility index (Phi) is 5.36. The average Bonchev–Trinajstić information content (AvgIpc) is 3.34. The fourth-order valence-electron chi connectivity index (χ4n) is 4.04. The zero-order valence-corrected chi connectivity index (χ0v) is 15.8. The fourth-order valence-corrected chi connectivity index (χ4v) is 5.08. The summed E-state index contributed by atoms with van der Waals surface area (Å²) in [5.41, 5.74) is 0.938. The number of halogens is 1. The van der Waals surface area contributed by atoms with Crippen LogP contribution in [-0.2, 0) is 11.3 Å². The van der Waals surface area contributed by atoms with Crippen molar-refractivity contribution in [3.63, 3.8) is 0 Å². The predicted octanol–water partition coefficient (Wildman–Crippen LogP) is 4.39. The lowest BCUT2D eigenvalue weighted by Crippen LogP contribution is -2.49. The normalized spacial score (nSPS) is 19.2. The molecule has 0 spiro atoms. The lowest BCUT2D eigenvalue weighted by molar-refractivity contribution is -0.137. The molecule has 1 aromatic heterocycles. The molecule has 2 aromatic rings. The zero-order chi connectivity index (χ0) is 17.9. The minimum atomic E-state index is -0.194. The fraction of sp³-hybridized carbons (Fsp3) is 0.476. The van der Waals surface area contributed by atoms with Crippen molar-refractivity contribution in [1.29, 1.82) is 0 Å². The van der Waals surface area contributed by atoms with Crippen LogP contribution in [0.25, 0.3) is 10.4 Å². The third kappa shape index (κ3) is 3.99. The van der Waals surface area contributed by atoms with E-state index in [4.69, 9.17) is 0 Å². The number of nitrogens with zero attached hydrogens (tertiary/aromatic N) is 2. The molecule has 0 radical (unpaired) electrons. The molecule has 1 aliphatic carbocycles. The van der Waals surface area contributed by atoms with Gasteiger partial charge in [-0.05, 0) is 42.7 Å². The molecule has 1 aliphatic heterocycles. The van der Waals surface area contributed by atoms with Crippen molar-refractivity contribution in [1.82, 2.24) is 9.80 Å². The maximum Gasteiger partial charge on any atom is 0.225 e. The molecule has 0 unspecified atom stereocenters. The van der Waals surface area contributed by atoms with Crippen LogP contribution >= 0.6 is 11.3 Å². The third-order valence-electron chi connectivity index (χ3n) is 5.54. The largest absolute Gasteiger partial charge is 0.340 e. The van der Waals surface area contributed by atoms with Crippen molar-refractivity contribution < 1.29 is 9.18 Å². The summed E-state index contributed by atoms with van der Waals surface area (Å²) in [5.74, 6) is 0.472. The van der Waals surface area contributed by atoms with E-state index in [2.05, 4.69) is 21.9 Å². The van der Waals surface area contributed by atoms with Gasteiger partial charge in [0.2, 0.25) is 5.91 Å². The molecule has 1 saturated carbocycles. The van der Waals surface area contributed by atoms with E-state index in [9.17, 15) is 9.18 Å². The van der Waals surface area contributed by atoms with E-state index in [0.29, 0.717) is 5.91 Å². The Labute approximate surface area is 158 Å². The highest BCUT2D eigenvalue weighted by Crippen LogP contribution is 2.30. The molecule has 2 heterocycles. The van der Waals surface area contributed by atoms with Gasteiger partial charge in [0, 0.05) is 48.4 Å². The molecule has 2 fully saturated rings. The SMILES string of the molecule is O=C(C1CCCC1)N1CCN(Cc2ccc(-c3cccc(F)c3)s2)CC1. The van der Waals surface area contributed by atoms with E-state index < -0.39 is 0 Å². The molecule has 0 bridgehead atoms. The molecule has 5 heteroatoms. The van der Waals surface area contributed by atoms with Gasteiger partial charge < -0.3 is 4.90 Å². The number of hydrogen-bond acceptors (Lipinski definition) is 3. The first-order valence-corrected chi connectivity index (χ1v) is 10.4. The number of carbonyl (C=O) groups excluding carboxylic acids is 1. The lowest BCUT2D eigenvalue weighted by atomic mass is 10.1. The summed E-state index contributed by atoms with van der Waals surface area (Å²) in [7, 11) is 0. The number of carbonyl (C=O) groups is 1. The summed E-state index contributed by atoms with van der Waals surface area (Å²) < 4.78 is 13.4. The maximum absolute atomic E-state index is 13.4. The molecule has 1 amide bonds. The second-order valence-corrected chi connectivity index (χ2v) is 8.53. The van der Waals surface area contributed by atoms with Gasteiger partial charge in [-0.15, -0.1) is 11.3 Å². The van der Waals surface area contributed by atoms with E-state index in [1.54, 1.807) is 23.5 Å². The van der Waals surface area contributed by atoms with Crippen LogP contribution in [-0.4, -0.2) is 41.9 Å². The average molecular weight is 373 g/mol. The molecule has 0 atom stereocenters. The van der Waals surface area contributed by atoms with Crippen LogP contribution in [0.15, 0.2) is 36.4 Å². The van der Waals surface area contributed by atoms with Crippen molar-refractivity contribution in [3.8, 4) is 10.4 Å². The lowest BCUT2D eigenvalue weighted by Gasteiger charge is -2.35. The summed E-state index contributed by atoms with van der Waals surface area (Å²) in [5, 5.41) is 0. The molecule has 1 saturated heterocycles. The second-order valence-electron chi connectivity index (χ2n) is 7.36. The van der Waals surface area contributed by atoms with Crippen molar-refractivity contribution in [2.75, 3.05) is 26.2 Å². The molecular formula is C21H25FN2OS. The second kappa shape index (κ2) is 7.89. The Bertz CT molecular complexity index is 761. The molecule has 0 N–H and O–H groups in total. The zero-order valence-electron chi connectivity index (χ0n) is 15.0. The van der Waals surface area contributed by atoms with E-state index in [0.717, 1.165) is 56.0 Å². The van der Waals surface area contributed by atoms with Gasteiger partial charge in [-0.3, -0.25) is 9.69 Å². The number of rotatable bonds is 4. The van der Waals surface area contributed by atoms with Crippen molar-refractivity contribution in [3.05, 3.63) is 47.1 Å². The maximum atomic E-state index is 13.4. The Hall–Kier alpha value is -1.72. The number of hydrogen-bond donors (Lipinski definition) is 0. The summed E-state index contributed by atoms with van der Waals surface area (Å²) >= 11 is 1.73. The Morgan fingerprint density at radius 2 is 1.85 bits per heavy atom. The van der Waals surface area contributed by atoms with Crippen molar-refractivity contribution in [2.24, 2.45) is 5.92 Å². The molecule has 26 heavy (non-hydrogen) atoms. The van der Waals surface area contributed by atoms with Crippen LogP contribution in [0.3, 0.4) is 0 Å². The Morgan fingerprint density at radius 3 is 2.58 bits per heavy atom. The van der Waals surface area contributed by atoms with Gasteiger partial charge in [-0.25, -0.2) is 4.39 Å². The van der Waals surface area contributed by atoms with Gasteiger partial charge in [-0.1, -0.05) is 25.0 Å². The van der Waals surface area contributed by atoms with Gasteiger partial charge in [0.25, 0.3) is 0 Å². The predicted molar refractivity (Wildman–Crippen MR) is 104 cm³/mol. The van der Waals surface area contributed by atoms with Crippen LogP contribution in [0, 0.1) is 11.7 Å². The molecule has 3 nitrogen and oxygen atoms in total. The van der Waals surface area contributed by atoms with Gasteiger partial charge >= 0.3 is 0 Å². The van der Waals surface area contributed by atoms with E-state index in [1.807, 2.05) is 6.07 Å². The highest BCUT2D eigenvalue weighted by atomic mass is 32.1. The Balaban J connectivity index is 1.31. The minimum absolute atomic E-state index is 0.194. The van der Waals surface area contributed by atoms with E-state index in [-0.39, 0.29) is 11.7 Å². The number of amides is 1. The number of benzene rings is 1. The standard InChI is InChI=1S/C21H25FN2OS/c22-18-7-3-6-17(14-18)20-9-8-19(26-20)15-23-10-12-24(13-11-23)21(25)16-4-1-2-5-16/h3,6-9,14,16H,1-2,4-5,10-13,15H2. The highest BCUT2D eigenvalue weighted by Gasteiger charge is 2.29. The summed E-state index contributed by atoms with van der Waals surface area (Å²) in [6.07, 6.45) is 4.58. The monoisotopic (exact) mass is 372 g/mol. The summed E-state index contributed by atoms with van der Waals surface area (Å²) in [6, 6.07) is 11.0. The first-order valence-electron chi connectivity index (χ1n) is 9.55. The van der Waals surface area contributed by atoms with Crippen LogP contribution in [0.1, 0.15) is 30.6 Å². The first-order chi connectivity index (χ1) is 12.7. The summed E-state index contributed by atoms with van der Waals surface area (Å²) in [6.45, 7) is 4.47. The highest BCUT2D eigenvalue weighted by molar-refractivity contribution is 7.15. The van der Waals surface area contributed by atoms with Gasteiger partial charge in [0.1, 0.15) is 5.82 Å². The first kappa shape index (κ1) is 17.7. The quantitative estimate of drug-likeness (QED) is 0.795. The third-order valence-corrected chi connectivity index (χ3v) is 6.66. The Morgan fingerprint density at radius 1 is 1.08 bits per heavy atom. The minimum Gasteiger partial charge on any atom is -0.340 e. The molecule has 1 aromatic carbocycles. The van der Waals surface area contributed by atoms with Gasteiger partial charge in [0.15, 0.2) is 0 Å². The van der Waals surface area contributed by atoms with Crippen LogP contribution < -0.4 is 0 Å². The van der Waals surface area contributed by atoms with Gasteiger partial charge in [-0.2, -0.15) is 0 Å². The molecule has 138 valence electrons. The number of thiophene rings is 1. The van der Waals surface area contributed by atoms with E-state index in [1.165, 1.54) is 23.8 Å². The van der Waals surface area contributed by atoms with Crippen LogP contribution in [0.5, 0.6) is 0 Å². The van der Waals surface area contributed by atoms with Gasteiger partial charge in [0.05, 0.1) is 0 Å². The van der Waals surface area contributed by atoms with Crippen molar-refractivity contribution >= 4 is 17.2 Å². The molecule has 2 aliphatic rings. The summed E-state index contributed by atoms with van der Waals surface area (Å²) in [4.78, 5) is 19.4. The van der Waals surface area contributed by atoms with Crippen LogP contribution in [0.2, 0.25) is 0 Å². The molecule has 4 rings (SSSR count). The topological polar surface area (TPSA) is 23.6 Å². The number of piperazine rings is 1. The van der Waals surface area contributed by atoms with E-state index >= 15 is 0 Å². The molecular weight excluding hydrogens is 347 g/mol.